The van der Waals surface area contributed by atoms with E-state index in [1.165, 1.54) is 11.1 Å². The molecule has 2 heteroatoms. The summed E-state index contributed by atoms with van der Waals surface area (Å²) in [6.45, 7) is 8.65. The highest BCUT2D eigenvalue weighted by Crippen LogP contribution is 2.51. The number of para-hydroxylation sites is 1. The lowest BCUT2D eigenvalue weighted by molar-refractivity contribution is 0.463. The molecule has 0 aliphatic carbocycles. The minimum absolute atomic E-state index is 0.256. The molecule has 1 atom stereocenters. The topological polar surface area (TPSA) is 32.3 Å². The summed E-state index contributed by atoms with van der Waals surface area (Å²) in [5, 5.41) is 14.3. The molecular weight excluding hydrogens is 330 g/mol. The van der Waals surface area contributed by atoms with E-state index in [9.17, 15) is 5.11 Å². The van der Waals surface area contributed by atoms with Gasteiger partial charge in [0.05, 0.1) is 0 Å². The van der Waals surface area contributed by atoms with E-state index in [2.05, 4.69) is 62.2 Å². The fourth-order valence-corrected chi connectivity index (χ4v) is 4.01. The van der Waals surface area contributed by atoms with Gasteiger partial charge in [0.15, 0.2) is 0 Å². The van der Waals surface area contributed by atoms with Crippen molar-refractivity contribution in [2.75, 3.05) is 5.32 Å². The summed E-state index contributed by atoms with van der Waals surface area (Å²) < 4.78 is 0. The molecule has 1 aliphatic rings. The summed E-state index contributed by atoms with van der Waals surface area (Å²) in [5.41, 5.74) is 6.73. The monoisotopic (exact) mass is 353 g/mol. The van der Waals surface area contributed by atoms with E-state index >= 15 is 0 Å². The van der Waals surface area contributed by atoms with Crippen molar-refractivity contribution >= 4 is 17.3 Å². The minimum atomic E-state index is -0.692. The third kappa shape index (κ3) is 2.83. The zero-order valence-electron chi connectivity index (χ0n) is 15.7. The third-order valence-corrected chi connectivity index (χ3v) is 5.24. The highest BCUT2D eigenvalue weighted by Gasteiger charge is 2.42. The Morgan fingerprint density at radius 3 is 2.41 bits per heavy atom. The Morgan fingerprint density at radius 2 is 1.67 bits per heavy atom. The first-order valence-corrected chi connectivity index (χ1v) is 9.13. The van der Waals surface area contributed by atoms with Crippen molar-refractivity contribution in [2.45, 2.75) is 19.4 Å². The summed E-state index contributed by atoms with van der Waals surface area (Å²) in [6, 6.07) is 22.0. The van der Waals surface area contributed by atoms with Crippen LogP contribution in [-0.2, 0) is 5.54 Å². The van der Waals surface area contributed by atoms with Crippen molar-refractivity contribution < 1.29 is 5.11 Å². The molecule has 2 N–H and O–H groups in total. The number of phenolic OH excluding ortho intramolecular Hbond substituents is 1. The van der Waals surface area contributed by atoms with Crippen molar-refractivity contribution in [3.8, 4) is 5.75 Å². The van der Waals surface area contributed by atoms with Crippen LogP contribution >= 0.6 is 0 Å². The molecule has 4 rings (SSSR count). The lowest BCUT2D eigenvalue weighted by atomic mass is 9.81. The van der Waals surface area contributed by atoms with Gasteiger partial charge in [0, 0.05) is 16.8 Å². The molecule has 0 radical (unpaired) electrons. The molecule has 3 aromatic carbocycles. The molecule has 0 saturated carbocycles. The van der Waals surface area contributed by atoms with E-state index in [1.54, 1.807) is 6.07 Å². The summed E-state index contributed by atoms with van der Waals surface area (Å²) in [7, 11) is 0. The smallest absolute Gasteiger partial charge is 0.121 e. The zero-order chi connectivity index (χ0) is 19.0. The maximum atomic E-state index is 10.6. The Morgan fingerprint density at radius 1 is 0.963 bits per heavy atom. The fourth-order valence-electron chi connectivity index (χ4n) is 4.01. The van der Waals surface area contributed by atoms with E-state index in [0.29, 0.717) is 0 Å². The normalized spacial score (nSPS) is 18.5. The van der Waals surface area contributed by atoms with Crippen molar-refractivity contribution in [1.82, 2.24) is 0 Å². The van der Waals surface area contributed by atoms with Crippen LogP contribution in [0.2, 0.25) is 0 Å². The van der Waals surface area contributed by atoms with Crippen molar-refractivity contribution in [3.63, 3.8) is 0 Å². The molecule has 0 fully saturated rings. The van der Waals surface area contributed by atoms with E-state index in [0.717, 1.165) is 28.0 Å². The molecule has 1 unspecified atom stereocenters. The fraction of sp³-hybridized carbons (Fsp3) is 0.120. The molecule has 0 spiro atoms. The average Bonchev–Trinajstić information content (AvgIpc) is 2.94. The van der Waals surface area contributed by atoms with E-state index in [4.69, 9.17) is 0 Å². The number of rotatable bonds is 3. The lowest BCUT2D eigenvalue weighted by Crippen LogP contribution is -2.29. The van der Waals surface area contributed by atoms with Crippen LogP contribution in [0, 0.1) is 13.8 Å². The molecule has 1 aliphatic heterocycles. The number of aryl methyl sites for hydroxylation is 2. The van der Waals surface area contributed by atoms with Gasteiger partial charge in [0.2, 0.25) is 0 Å². The third-order valence-electron chi connectivity index (χ3n) is 5.24. The van der Waals surface area contributed by atoms with Crippen molar-refractivity contribution in [3.05, 3.63) is 107 Å². The molecule has 0 aromatic heterocycles. The minimum Gasteiger partial charge on any atom is -0.508 e. The van der Waals surface area contributed by atoms with Gasteiger partial charge in [-0.25, -0.2) is 0 Å². The van der Waals surface area contributed by atoms with Gasteiger partial charge in [0.1, 0.15) is 11.3 Å². The second kappa shape index (κ2) is 6.48. The first-order valence-electron chi connectivity index (χ1n) is 9.13. The van der Waals surface area contributed by atoms with Crippen molar-refractivity contribution in [2.24, 2.45) is 0 Å². The molecule has 1 heterocycles. The van der Waals surface area contributed by atoms with Crippen molar-refractivity contribution in [1.29, 1.82) is 0 Å². The van der Waals surface area contributed by atoms with Crippen LogP contribution in [0.25, 0.3) is 11.6 Å². The molecule has 0 bridgehead atoms. The van der Waals surface area contributed by atoms with Crippen LogP contribution in [0.4, 0.5) is 5.69 Å². The second-order valence-corrected chi connectivity index (χ2v) is 7.18. The van der Waals surface area contributed by atoms with Gasteiger partial charge in [-0.2, -0.15) is 0 Å². The highest BCUT2D eigenvalue weighted by molar-refractivity contribution is 5.94. The molecule has 27 heavy (non-hydrogen) atoms. The predicted octanol–water partition coefficient (Wildman–Crippen LogP) is 6.06. The maximum Gasteiger partial charge on any atom is 0.121 e. The number of hydrogen-bond donors (Lipinski definition) is 2. The standard InChI is InChI=1S/C25H23NO/c1-17-15-18(2)24-19(3)25(26-22(24)16-17,21-11-7-8-12-23(21)27)14-13-20-9-5-4-6-10-20/h4-16,26-27H,3H2,1-2H3/b14-13+. The van der Waals surface area contributed by atoms with Crippen LogP contribution < -0.4 is 5.32 Å². The average molecular weight is 353 g/mol. The first-order chi connectivity index (χ1) is 13.0. The van der Waals surface area contributed by atoms with Crippen LogP contribution in [-0.4, -0.2) is 5.11 Å². The summed E-state index contributed by atoms with van der Waals surface area (Å²) in [4.78, 5) is 0. The Bertz CT molecular complexity index is 1050. The maximum absolute atomic E-state index is 10.6. The Kier molecular flexibility index (Phi) is 4.12. The second-order valence-electron chi connectivity index (χ2n) is 7.18. The summed E-state index contributed by atoms with van der Waals surface area (Å²) in [6.07, 6.45) is 4.19. The van der Waals surface area contributed by atoms with Gasteiger partial charge in [0.25, 0.3) is 0 Å². The molecule has 3 aromatic rings. The quantitative estimate of drug-likeness (QED) is 0.600. The van der Waals surface area contributed by atoms with Crippen LogP contribution in [0.15, 0.2) is 79.4 Å². The van der Waals surface area contributed by atoms with Gasteiger partial charge in [-0.05, 0) is 54.3 Å². The Hall–Kier alpha value is -3.26. The van der Waals surface area contributed by atoms with E-state index in [1.807, 2.05) is 36.4 Å². The molecule has 0 amide bonds. The van der Waals surface area contributed by atoms with Crippen LogP contribution in [0.3, 0.4) is 0 Å². The number of hydrogen-bond acceptors (Lipinski definition) is 2. The number of anilines is 1. The van der Waals surface area contributed by atoms with Gasteiger partial charge >= 0.3 is 0 Å². The SMILES string of the molecule is C=C1c2c(C)cc(C)cc2NC1(/C=C/c1ccccc1)c1ccccc1O. The Labute approximate surface area is 160 Å². The summed E-state index contributed by atoms with van der Waals surface area (Å²) >= 11 is 0. The van der Waals surface area contributed by atoms with Gasteiger partial charge in [-0.1, -0.05) is 67.3 Å². The van der Waals surface area contributed by atoms with Crippen LogP contribution in [0.1, 0.15) is 27.8 Å². The van der Waals surface area contributed by atoms with E-state index < -0.39 is 5.54 Å². The summed E-state index contributed by atoms with van der Waals surface area (Å²) in [5.74, 6) is 0.256. The number of fused-ring (bicyclic) bond motifs is 1. The predicted molar refractivity (Wildman–Crippen MR) is 114 cm³/mol. The van der Waals surface area contributed by atoms with Crippen LogP contribution in [0.5, 0.6) is 5.75 Å². The van der Waals surface area contributed by atoms with Gasteiger partial charge < -0.3 is 10.4 Å². The number of aromatic hydroxyl groups is 1. The molecule has 134 valence electrons. The number of nitrogens with one attached hydrogen (secondary N) is 1. The number of benzene rings is 3. The van der Waals surface area contributed by atoms with E-state index in [-0.39, 0.29) is 5.75 Å². The van der Waals surface area contributed by atoms with Gasteiger partial charge in [-0.3, -0.25) is 0 Å². The highest BCUT2D eigenvalue weighted by atomic mass is 16.3. The van der Waals surface area contributed by atoms with Gasteiger partial charge in [-0.15, -0.1) is 0 Å². The molecule has 2 nitrogen and oxygen atoms in total. The molecule has 0 saturated heterocycles. The zero-order valence-corrected chi connectivity index (χ0v) is 15.7. The largest absolute Gasteiger partial charge is 0.508 e. The lowest BCUT2D eigenvalue weighted by Gasteiger charge is -2.30. The number of phenols is 1. The Balaban J connectivity index is 1.91. The molecular formula is C25H23NO. The first kappa shape index (κ1) is 17.2.